The van der Waals surface area contributed by atoms with E-state index >= 15 is 0 Å². The largest absolute Gasteiger partial charge is 0.458 e. The van der Waals surface area contributed by atoms with Crippen LogP contribution in [0, 0.1) is 5.92 Å². The van der Waals surface area contributed by atoms with Crippen molar-refractivity contribution in [3.05, 3.63) is 36.1 Å². The minimum absolute atomic E-state index is 0.0257. The van der Waals surface area contributed by atoms with Gasteiger partial charge < -0.3 is 14.8 Å². The molecule has 8 heteroatoms. The average Bonchev–Trinajstić information content (AvgIpc) is 3.04. The number of rotatable bonds is 5. The molecule has 142 valence electrons. The summed E-state index contributed by atoms with van der Waals surface area (Å²) in [6, 6.07) is 9.23. The van der Waals surface area contributed by atoms with Gasteiger partial charge in [0.1, 0.15) is 16.9 Å². The molecule has 0 saturated carbocycles. The summed E-state index contributed by atoms with van der Waals surface area (Å²) in [5.74, 6) is -0.0279. The topological polar surface area (TPSA) is 99.9 Å². The first-order valence-electron chi connectivity index (χ1n) is 8.61. The number of hydrogen-bond acceptors (Lipinski definition) is 5. The number of furan rings is 1. The number of piperidine rings is 1. The third kappa shape index (κ3) is 4.08. The molecular weight excluding hydrogens is 356 g/mol. The molecule has 0 bridgehead atoms. The van der Waals surface area contributed by atoms with Gasteiger partial charge in [-0.2, -0.15) is 0 Å². The predicted octanol–water partition coefficient (Wildman–Crippen LogP) is 1.43. The molecular formula is C18H24N2O5S. The van der Waals surface area contributed by atoms with Crippen molar-refractivity contribution in [3.63, 3.8) is 0 Å². The number of hydrogen-bond donors (Lipinski definition) is 2. The Kier molecular flexibility index (Phi) is 5.09. The van der Waals surface area contributed by atoms with Gasteiger partial charge in [0.25, 0.3) is 0 Å². The van der Waals surface area contributed by atoms with Gasteiger partial charge in [-0.05, 0) is 31.9 Å². The first-order chi connectivity index (χ1) is 12.2. The molecule has 0 radical (unpaired) electrons. The molecule has 1 amide bonds. The number of nitrogens with one attached hydrogen (secondary N) is 1. The highest BCUT2D eigenvalue weighted by atomic mass is 32.2. The highest BCUT2D eigenvalue weighted by molar-refractivity contribution is 7.88. The molecule has 26 heavy (non-hydrogen) atoms. The number of carbonyl (C=O) groups excluding carboxylic acids is 1. The lowest BCUT2D eigenvalue weighted by Crippen LogP contribution is -2.45. The van der Waals surface area contributed by atoms with Gasteiger partial charge in [0.15, 0.2) is 0 Å². The predicted molar refractivity (Wildman–Crippen MR) is 97.9 cm³/mol. The van der Waals surface area contributed by atoms with Crippen molar-refractivity contribution >= 4 is 26.9 Å². The van der Waals surface area contributed by atoms with Gasteiger partial charge >= 0.3 is 0 Å². The normalized spacial score (nSPS) is 19.3. The Bertz CT molecular complexity index is 862. The Morgan fingerprint density at radius 1 is 1.35 bits per heavy atom. The van der Waals surface area contributed by atoms with E-state index < -0.39 is 15.6 Å². The summed E-state index contributed by atoms with van der Waals surface area (Å²) in [4.78, 5) is 12.4. The van der Waals surface area contributed by atoms with E-state index in [-0.39, 0.29) is 18.4 Å². The zero-order chi connectivity index (χ0) is 18.9. The van der Waals surface area contributed by atoms with E-state index in [0.717, 1.165) is 5.39 Å². The average molecular weight is 380 g/mol. The second-order valence-corrected chi connectivity index (χ2v) is 9.06. The van der Waals surface area contributed by atoms with Gasteiger partial charge in [-0.1, -0.05) is 18.2 Å². The van der Waals surface area contributed by atoms with E-state index in [1.807, 2.05) is 24.3 Å². The summed E-state index contributed by atoms with van der Waals surface area (Å²) < 4.78 is 30.1. The highest BCUT2D eigenvalue weighted by Gasteiger charge is 2.32. The van der Waals surface area contributed by atoms with E-state index in [0.29, 0.717) is 37.3 Å². The summed E-state index contributed by atoms with van der Waals surface area (Å²) in [6.45, 7) is 2.31. The molecule has 1 aromatic heterocycles. The van der Waals surface area contributed by atoms with Crippen LogP contribution in [0.4, 0.5) is 0 Å². The standard InChI is InChI=1S/C18H24N2O5S/c1-18(22,16-11-14-5-3-4-6-15(14)25-16)12-19-17(21)13-7-9-20(10-8-13)26(2,23)24/h3-6,11,13,22H,7-10,12H2,1-2H3,(H,19,21). The number of nitrogens with zero attached hydrogens (tertiary/aromatic N) is 1. The van der Waals surface area contributed by atoms with E-state index in [2.05, 4.69) is 5.32 Å². The van der Waals surface area contributed by atoms with Crippen molar-refractivity contribution in [2.45, 2.75) is 25.4 Å². The van der Waals surface area contributed by atoms with E-state index in [1.165, 1.54) is 10.6 Å². The van der Waals surface area contributed by atoms with Gasteiger partial charge in [-0.25, -0.2) is 12.7 Å². The zero-order valence-electron chi connectivity index (χ0n) is 14.9. The van der Waals surface area contributed by atoms with Crippen LogP contribution in [0.25, 0.3) is 11.0 Å². The number of fused-ring (bicyclic) bond motifs is 1. The van der Waals surface area contributed by atoms with Crippen molar-refractivity contribution in [1.29, 1.82) is 0 Å². The number of para-hydroxylation sites is 1. The number of benzene rings is 1. The first kappa shape index (κ1) is 18.9. The van der Waals surface area contributed by atoms with Crippen molar-refractivity contribution in [3.8, 4) is 0 Å². The van der Waals surface area contributed by atoms with Gasteiger partial charge in [-0.15, -0.1) is 0 Å². The third-order valence-electron chi connectivity index (χ3n) is 4.86. The van der Waals surface area contributed by atoms with Crippen molar-refractivity contribution in [2.24, 2.45) is 5.92 Å². The SMILES string of the molecule is CC(O)(CNC(=O)C1CCN(S(C)(=O)=O)CC1)c1cc2ccccc2o1. The molecule has 3 rings (SSSR count). The summed E-state index contributed by atoms with van der Waals surface area (Å²) in [5, 5.41) is 14.3. The molecule has 2 heterocycles. The lowest BCUT2D eigenvalue weighted by Gasteiger charge is -2.30. The number of aliphatic hydroxyl groups is 1. The van der Waals surface area contributed by atoms with E-state index in [9.17, 15) is 18.3 Å². The smallest absolute Gasteiger partial charge is 0.223 e. The summed E-state index contributed by atoms with van der Waals surface area (Å²) in [5.41, 5.74) is -0.649. The molecule has 1 atom stereocenters. The van der Waals surface area contributed by atoms with Crippen LogP contribution in [-0.2, 0) is 20.4 Å². The fraction of sp³-hybridized carbons (Fsp3) is 0.500. The van der Waals surface area contributed by atoms with Gasteiger partial charge in [-0.3, -0.25) is 4.79 Å². The molecule has 7 nitrogen and oxygen atoms in total. The molecule has 1 aliphatic rings. The highest BCUT2D eigenvalue weighted by Crippen LogP contribution is 2.28. The summed E-state index contributed by atoms with van der Waals surface area (Å²) in [6.07, 6.45) is 2.13. The second kappa shape index (κ2) is 7.02. The molecule has 2 N–H and O–H groups in total. The van der Waals surface area contributed by atoms with Crippen LogP contribution in [0.3, 0.4) is 0 Å². The molecule has 0 spiro atoms. The Morgan fingerprint density at radius 3 is 2.62 bits per heavy atom. The maximum absolute atomic E-state index is 12.4. The third-order valence-corrected chi connectivity index (χ3v) is 6.16. The maximum Gasteiger partial charge on any atom is 0.223 e. The minimum atomic E-state index is -3.21. The lowest BCUT2D eigenvalue weighted by atomic mass is 9.96. The van der Waals surface area contributed by atoms with E-state index in [4.69, 9.17) is 4.42 Å². The Labute approximate surface area is 153 Å². The van der Waals surface area contributed by atoms with Crippen LogP contribution >= 0.6 is 0 Å². The molecule has 1 saturated heterocycles. The number of sulfonamides is 1. The molecule has 1 fully saturated rings. The zero-order valence-corrected chi connectivity index (χ0v) is 15.8. The first-order valence-corrected chi connectivity index (χ1v) is 10.5. The van der Waals surface area contributed by atoms with Gasteiger partial charge in [0, 0.05) is 24.4 Å². The number of carbonyl (C=O) groups is 1. The Hall–Kier alpha value is -1.90. The Morgan fingerprint density at radius 2 is 2.00 bits per heavy atom. The lowest BCUT2D eigenvalue weighted by molar-refractivity contribution is -0.127. The summed E-state index contributed by atoms with van der Waals surface area (Å²) in [7, 11) is -3.21. The van der Waals surface area contributed by atoms with Gasteiger partial charge in [0.2, 0.25) is 15.9 Å². The molecule has 0 aliphatic carbocycles. The van der Waals surface area contributed by atoms with Crippen LogP contribution in [0.2, 0.25) is 0 Å². The van der Waals surface area contributed by atoms with Gasteiger partial charge in [0.05, 0.1) is 12.8 Å². The van der Waals surface area contributed by atoms with Crippen molar-refractivity contribution in [1.82, 2.24) is 9.62 Å². The summed E-state index contributed by atoms with van der Waals surface area (Å²) >= 11 is 0. The fourth-order valence-electron chi connectivity index (χ4n) is 3.19. The molecule has 1 unspecified atom stereocenters. The molecule has 1 aromatic carbocycles. The van der Waals surface area contributed by atoms with Crippen molar-refractivity contribution < 1.29 is 22.7 Å². The monoisotopic (exact) mass is 380 g/mol. The van der Waals surface area contributed by atoms with Crippen LogP contribution in [0.1, 0.15) is 25.5 Å². The van der Waals surface area contributed by atoms with Crippen LogP contribution < -0.4 is 5.32 Å². The van der Waals surface area contributed by atoms with Crippen molar-refractivity contribution in [2.75, 3.05) is 25.9 Å². The van der Waals surface area contributed by atoms with Crippen LogP contribution in [0.5, 0.6) is 0 Å². The second-order valence-electron chi connectivity index (χ2n) is 7.08. The quantitative estimate of drug-likeness (QED) is 0.817. The Balaban J connectivity index is 1.58. The molecule has 2 aromatic rings. The maximum atomic E-state index is 12.4. The van der Waals surface area contributed by atoms with Crippen LogP contribution in [-0.4, -0.2) is 49.6 Å². The van der Waals surface area contributed by atoms with E-state index in [1.54, 1.807) is 13.0 Å². The minimum Gasteiger partial charge on any atom is -0.458 e. The number of amides is 1. The molecule has 1 aliphatic heterocycles. The van der Waals surface area contributed by atoms with Crippen LogP contribution in [0.15, 0.2) is 34.7 Å². The fourth-order valence-corrected chi connectivity index (χ4v) is 4.06.